The normalized spacial score (nSPS) is 12.5. The van der Waals surface area contributed by atoms with Gasteiger partial charge in [0.25, 0.3) is 0 Å². The van der Waals surface area contributed by atoms with Gasteiger partial charge in [0.1, 0.15) is 0 Å². The summed E-state index contributed by atoms with van der Waals surface area (Å²) in [7, 11) is 0. The minimum atomic E-state index is 0.612. The molecule has 0 bridgehead atoms. The second-order valence-corrected chi connectivity index (χ2v) is 5.68. The van der Waals surface area contributed by atoms with Crippen LogP contribution < -0.4 is 10.2 Å². The Morgan fingerprint density at radius 3 is 2.57 bits per heavy atom. The highest BCUT2D eigenvalue weighted by atomic mass is 15.1. The molecule has 2 heteroatoms. The van der Waals surface area contributed by atoms with E-state index in [4.69, 9.17) is 0 Å². The van der Waals surface area contributed by atoms with Gasteiger partial charge >= 0.3 is 0 Å². The van der Waals surface area contributed by atoms with Crippen LogP contribution in [0.3, 0.4) is 0 Å². The van der Waals surface area contributed by atoms with Crippen molar-refractivity contribution in [1.82, 2.24) is 5.32 Å². The van der Waals surface area contributed by atoms with Gasteiger partial charge in [-0.25, -0.2) is 0 Å². The molecule has 1 unspecified atom stereocenters. The summed E-state index contributed by atoms with van der Waals surface area (Å²) < 4.78 is 0. The molecule has 0 spiro atoms. The predicted molar refractivity (Wildman–Crippen MR) is 94.2 cm³/mol. The molecule has 0 saturated carbocycles. The summed E-state index contributed by atoms with van der Waals surface area (Å²) in [5, 5.41) is 6.18. The summed E-state index contributed by atoms with van der Waals surface area (Å²) in [6.07, 6.45) is 2.46. The average Bonchev–Trinajstić information content (AvgIpc) is 2.51. The maximum Gasteiger partial charge on any atom is 0.0445 e. The van der Waals surface area contributed by atoms with Gasteiger partial charge in [-0.15, -0.1) is 0 Å². The molecule has 2 nitrogen and oxygen atoms in total. The number of anilines is 1. The molecule has 0 saturated heterocycles. The highest BCUT2D eigenvalue weighted by Gasteiger charge is 2.08. The first-order valence-electron chi connectivity index (χ1n) is 8.22. The molecule has 2 aromatic rings. The number of hydrogen-bond donors (Lipinski definition) is 1. The molecule has 1 N–H and O–H groups in total. The predicted octanol–water partition coefficient (Wildman–Crippen LogP) is 4.44. The minimum absolute atomic E-state index is 0.612. The quantitative estimate of drug-likeness (QED) is 0.770. The van der Waals surface area contributed by atoms with Crippen LogP contribution in [0.25, 0.3) is 10.8 Å². The second-order valence-electron chi connectivity index (χ2n) is 5.68. The van der Waals surface area contributed by atoms with E-state index in [-0.39, 0.29) is 0 Å². The Morgan fingerprint density at radius 1 is 1.05 bits per heavy atom. The molecule has 0 aliphatic carbocycles. The SMILES string of the molecule is CCNC(C)CCCN(CC)c1cccc2ccccc12. The van der Waals surface area contributed by atoms with Crippen LogP contribution >= 0.6 is 0 Å². The van der Waals surface area contributed by atoms with Crippen LogP contribution in [0.2, 0.25) is 0 Å². The fraction of sp³-hybridized carbons (Fsp3) is 0.474. The van der Waals surface area contributed by atoms with Crippen molar-refractivity contribution in [3.05, 3.63) is 42.5 Å². The molecule has 0 radical (unpaired) electrons. The van der Waals surface area contributed by atoms with E-state index >= 15 is 0 Å². The smallest absolute Gasteiger partial charge is 0.0445 e. The van der Waals surface area contributed by atoms with Gasteiger partial charge in [0.05, 0.1) is 0 Å². The average molecular weight is 284 g/mol. The zero-order valence-electron chi connectivity index (χ0n) is 13.6. The lowest BCUT2D eigenvalue weighted by molar-refractivity contribution is 0.511. The largest absolute Gasteiger partial charge is 0.371 e. The van der Waals surface area contributed by atoms with Gasteiger partial charge in [-0.3, -0.25) is 0 Å². The van der Waals surface area contributed by atoms with Crippen molar-refractivity contribution in [1.29, 1.82) is 0 Å². The molecule has 2 rings (SSSR count). The topological polar surface area (TPSA) is 15.3 Å². The van der Waals surface area contributed by atoms with Gasteiger partial charge < -0.3 is 10.2 Å². The summed E-state index contributed by atoms with van der Waals surface area (Å²) in [5.74, 6) is 0. The Labute approximate surface area is 129 Å². The van der Waals surface area contributed by atoms with Crippen molar-refractivity contribution in [2.24, 2.45) is 0 Å². The van der Waals surface area contributed by atoms with Crippen molar-refractivity contribution < 1.29 is 0 Å². The van der Waals surface area contributed by atoms with Gasteiger partial charge in [0.15, 0.2) is 0 Å². The Morgan fingerprint density at radius 2 is 1.81 bits per heavy atom. The van der Waals surface area contributed by atoms with Crippen molar-refractivity contribution >= 4 is 16.5 Å². The van der Waals surface area contributed by atoms with Crippen LogP contribution in [0.15, 0.2) is 42.5 Å². The summed E-state index contributed by atoms with van der Waals surface area (Å²) in [4.78, 5) is 2.50. The highest BCUT2D eigenvalue weighted by Crippen LogP contribution is 2.26. The van der Waals surface area contributed by atoms with E-state index in [1.54, 1.807) is 0 Å². The van der Waals surface area contributed by atoms with Gasteiger partial charge in [-0.2, -0.15) is 0 Å². The summed E-state index contributed by atoms with van der Waals surface area (Å²) in [6, 6.07) is 15.9. The molecule has 0 aromatic heterocycles. The Bertz CT molecular complexity index is 545. The molecule has 114 valence electrons. The van der Waals surface area contributed by atoms with E-state index in [2.05, 4.69) is 73.5 Å². The number of nitrogens with zero attached hydrogens (tertiary/aromatic N) is 1. The monoisotopic (exact) mass is 284 g/mol. The molecule has 2 aromatic carbocycles. The number of rotatable bonds is 8. The summed E-state index contributed by atoms with van der Waals surface area (Å²) in [6.45, 7) is 9.93. The van der Waals surface area contributed by atoms with Crippen LogP contribution in [-0.2, 0) is 0 Å². The fourth-order valence-electron chi connectivity index (χ4n) is 2.97. The third-order valence-corrected chi connectivity index (χ3v) is 4.11. The molecule has 1 atom stereocenters. The van der Waals surface area contributed by atoms with E-state index in [1.807, 2.05) is 0 Å². The molecular weight excluding hydrogens is 256 g/mol. The lowest BCUT2D eigenvalue weighted by Gasteiger charge is -2.25. The van der Waals surface area contributed by atoms with E-state index < -0.39 is 0 Å². The lowest BCUT2D eigenvalue weighted by Crippen LogP contribution is -2.29. The third kappa shape index (κ3) is 4.21. The van der Waals surface area contributed by atoms with Gasteiger partial charge in [-0.1, -0.05) is 43.3 Å². The minimum Gasteiger partial charge on any atom is -0.371 e. The molecule has 0 fully saturated rings. The van der Waals surface area contributed by atoms with Crippen LogP contribution in [-0.4, -0.2) is 25.7 Å². The molecule has 0 aliphatic rings. The van der Waals surface area contributed by atoms with E-state index in [1.165, 1.54) is 29.3 Å². The first-order chi connectivity index (χ1) is 10.3. The van der Waals surface area contributed by atoms with E-state index in [0.29, 0.717) is 6.04 Å². The molecular formula is C19H28N2. The van der Waals surface area contributed by atoms with Gasteiger partial charge in [-0.05, 0) is 44.7 Å². The number of fused-ring (bicyclic) bond motifs is 1. The van der Waals surface area contributed by atoms with Crippen LogP contribution in [0.1, 0.15) is 33.6 Å². The number of nitrogens with one attached hydrogen (secondary N) is 1. The number of benzene rings is 2. The van der Waals surface area contributed by atoms with Crippen LogP contribution in [0.4, 0.5) is 5.69 Å². The summed E-state index contributed by atoms with van der Waals surface area (Å²) >= 11 is 0. The maximum atomic E-state index is 3.49. The highest BCUT2D eigenvalue weighted by molar-refractivity contribution is 5.94. The van der Waals surface area contributed by atoms with Gasteiger partial charge in [0, 0.05) is 30.2 Å². The molecule has 0 heterocycles. The molecule has 21 heavy (non-hydrogen) atoms. The fourth-order valence-corrected chi connectivity index (χ4v) is 2.97. The van der Waals surface area contributed by atoms with Crippen LogP contribution in [0.5, 0.6) is 0 Å². The Balaban J connectivity index is 2.06. The van der Waals surface area contributed by atoms with Crippen LogP contribution in [0, 0.1) is 0 Å². The Kier molecular flexibility index (Phi) is 6.06. The second kappa shape index (κ2) is 8.04. The zero-order valence-corrected chi connectivity index (χ0v) is 13.6. The third-order valence-electron chi connectivity index (χ3n) is 4.11. The molecule has 0 aliphatic heterocycles. The zero-order chi connectivity index (χ0) is 15.1. The lowest BCUT2D eigenvalue weighted by atomic mass is 10.1. The Hall–Kier alpha value is -1.54. The van der Waals surface area contributed by atoms with Crippen molar-refractivity contribution in [3.8, 4) is 0 Å². The van der Waals surface area contributed by atoms with E-state index in [9.17, 15) is 0 Å². The van der Waals surface area contributed by atoms with Crippen molar-refractivity contribution in [2.75, 3.05) is 24.5 Å². The maximum absolute atomic E-state index is 3.49. The first kappa shape index (κ1) is 15.8. The van der Waals surface area contributed by atoms with Crippen molar-refractivity contribution in [2.45, 2.75) is 39.7 Å². The standard InChI is InChI=1S/C19H28N2/c1-4-20-16(3)10-9-15-21(5-2)19-14-8-12-17-11-6-7-13-18(17)19/h6-8,11-14,16,20H,4-5,9-10,15H2,1-3H3. The van der Waals surface area contributed by atoms with E-state index in [0.717, 1.165) is 19.6 Å². The molecule has 0 amide bonds. The number of hydrogen-bond acceptors (Lipinski definition) is 2. The summed E-state index contributed by atoms with van der Waals surface area (Å²) in [5.41, 5.74) is 1.37. The van der Waals surface area contributed by atoms with Gasteiger partial charge in [0.2, 0.25) is 0 Å². The van der Waals surface area contributed by atoms with Crippen molar-refractivity contribution in [3.63, 3.8) is 0 Å². The first-order valence-corrected chi connectivity index (χ1v) is 8.22.